The summed E-state index contributed by atoms with van der Waals surface area (Å²) in [4.78, 5) is 25.2. The number of anilines is 1. The maximum atomic E-state index is 13.5. The smallest absolute Gasteiger partial charge is 0.264 e. The summed E-state index contributed by atoms with van der Waals surface area (Å²) in [5.41, 5.74) is 6.19. The SMILES string of the molecule is Cc1ccc(N(CC(=O)N/N=C\c2ccc(OCC(=O)N[C@@H](C)c3ccccc3)cc2)S(=O)(=O)c2ccccc2)c(C)c1. The number of carbonyl (C=O) groups excluding carboxylic acids is 2. The first-order valence-electron chi connectivity index (χ1n) is 13.7. The predicted octanol–water partition coefficient (Wildman–Crippen LogP) is 4.91. The standard InChI is InChI=1S/C33H34N4O5S/c1-24-14-19-31(25(2)20-24)37(43(40,41)30-12-8-5-9-13-30)22-32(38)36-34-21-27-15-17-29(18-16-27)42-23-33(39)35-26(3)28-10-6-4-7-11-28/h4-21,26H,22-23H2,1-3H3,(H,35,39)(H,36,38)/b34-21-/t26-/m0/s1. The van der Waals surface area contributed by atoms with Gasteiger partial charge in [0, 0.05) is 0 Å². The van der Waals surface area contributed by atoms with E-state index >= 15 is 0 Å². The van der Waals surface area contributed by atoms with Crippen molar-refractivity contribution >= 4 is 33.7 Å². The normalized spacial score (nSPS) is 12.0. The van der Waals surface area contributed by atoms with E-state index in [0.29, 0.717) is 17.0 Å². The number of hydrogen-bond donors (Lipinski definition) is 2. The van der Waals surface area contributed by atoms with Crippen LogP contribution in [-0.2, 0) is 19.6 Å². The van der Waals surface area contributed by atoms with Gasteiger partial charge >= 0.3 is 0 Å². The zero-order valence-corrected chi connectivity index (χ0v) is 25.0. The number of ether oxygens (including phenoxy) is 1. The van der Waals surface area contributed by atoms with Crippen LogP contribution in [0.1, 0.15) is 35.2 Å². The van der Waals surface area contributed by atoms with Gasteiger partial charge in [-0.3, -0.25) is 13.9 Å². The molecular formula is C33H34N4O5S. The molecule has 43 heavy (non-hydrogen) atoms. The van der Waals surface area contributed by atoms with Crippen molar-refractivity contribution in [3.8, 4) is 5.75 Å². The van der Waals surface area contributed by atoms with Gasteiger partial charge in [0.25, 0.3) is 21.8 Å². The minimum atomic E-state index is -4.02. The van der Waals surface area contributed by atoms with Crippen LogP contribution in [0.4, 0.5) is 5.69 Å². The van der Waals surface area contributed by atoms with Crippen LogP contribution in [0.3, 0.4) is 0 Å². The number of nitrogens with one attached hydrogen (secondary N) is 2. The highest BCUT2D eigenvalue weighted by Gasteiger charge is 2.28. The summed E-state index contributed by atoms with van der Waals surface area (Å²) in [6.45, 7) is 5.03. The Labute approximate surface area is 252 Å². The lowest BCUT2D eigenvalue weighted by Gasteiger charge is -2.25. The molecular weight excluding hydrogens is 564 g/mol. The number of hydrogen-bond acceptors (Lipinski definition) is 6. The van der Waals surface area contributed by atoms with Crippen molar-refractivity contribution in [3.63, 3.8) is 0 Å². The van der Waals surface area contributed by atoms with E-state index in [0.717, 1.165) is 21.0 Å². The van der Waals surface area contributed by atoms with Crippen LogP contribution in [-0.4, -0.2) is 39.6 Å². The number of benzene rings is 4. The van der Waals surface area contributed by atoms with Crippen molar-refractivity contribution in [2.75, 3.05) is 17.5 Å². The quantitative estimate of drug-likeness (QED) is 0.178. The third kappa shape index (κ3) is 8.52. The number of sulfonamides is 1. The minimum absolute atomic E-state index is 0.0803. The van der Waals surface area contributed by atoms with Crippen LogP contribution in [0.25, 0.3) is 0 Å². The molecule has 1 atom stereocenters. The zero-order chi connectivity index (χ0) is 30.8. The summed E-state index contributed by atoms with van der Waals surface area (Å²) in [7, 11) is -4.02. The zero-order valence-electron chi connectivity index (χ0n) is 24.2. The number of aryl methyl sites for hydroxylation is 2. The average Bonchev–Trinajstić information content (AvgIpc) is 3.00. The van der Waals surface area contributed by atoms with Crippen LogP contribution in [0.15, 0.2) is 113 Å². The molecule has 2 amide bonds. The molecule has 0 radical (unpaired) electrons. The summed E-state index contributed by atoms with van der Waals surface area (Å²) in [5.74, 6) is -0.348. The predicted molar refractivity (Wildman–Crippen MR) is 168 cm³/mol. The largest absolute Gasteiger partial charge is 0.484 e. The maximum absolute atomic E-state index is 13.5. The summed E-state index contributed by atoms with van der Waals surface area (Å²) < 4.78 is 33.7. The molecule has 0 aromatic heterocycles. The van der Waals surface area contributed by atoms with Crippen molar-refractivity contribution in [2.45, 2.75) is 31.7 Å². The molecule has 2 N–H and O–H groups in total. The summed E-state index contributed by atoms with van der Waals surface area (Å²) >= 11 is 0. The van der Waals surface area contributed by atoms with Crippen molar-refractivity contribution in [2.24, 2.45) is 5.10 Å². The van der Waals surface area contributed by atoms with Crippen molar-refractivity contribution in [1.82, 2.24) is 10.7 Å². The van der Waals surface area contributed by atoms with Crippen LogP contribution < -0.4 is 19.8 Å². The van der Waals surface area contributed by atoms with Gasteiger partial charge < -0.3 is 10.1 Å². The second-order valence-corrected chi connectivity index (χ2v) is 11.8. The van der Waals surface area contributed by atoms with Gasteiger partial charge in [0.1, 0.15) is 12.3 Å². The molecule has 0 bridgehead atoms. The van der Waals surface area contributed by atoms with Gasteiger partial charge in [0.15, 0.2) is 6.61 Å². The number of amides is 2. The third-order valence-electron chi connectivity index (χ3n) is 6.57. The van der Waals surface area contributed by atoms with Gasteiger partial charge in [-0.15, -0.1) is 0 Å². The summed E-state index contributed by atoms with van der Waals surface area (Å²) in [6.07, 6.45) is 1.43. The molecule has 4 aromatic carbocycles. The number of nitrogens with zero attached hydrogens (tertiary/aromatic N) is 2. The topological polar surface area (TPSA) is 117 Å². The lowest BCUT2D eigenvalue weighted by Crippen LogP contribution is -2.40. The van der Waals surface area contributed by atoms with Crippen molar-refractivity contribution in [1.29, 1.82) is 0 Å². The number of rotatable bonds is 12. The van der Waals surface area contributed by atoms with E-state index in [9.17, 15) is 18.0 Å². The lowest BCUT2D eigenvalue weighted by atomic mass is 10.1. The molecule has 9 nitrogen and oxygen atoms in total. The highest BCUT2D eigenvalue weighted by Crippen LogP contribution is 2.27. The Morgan fingerprint density at radius 3 is 2.19 bits per heavy atom. The Morgan fingerprint density at radius 1 is 0.884 bits per heavy atom. The van der Waals surface area contributed by atoms with E-state index in [2.05, 4.69) is 15.8 Å². The van der Waals surface area contributed by atoms with Gasteiger partial charge in [-0.05, 0) is 79.9 Å². The Kier molecular flexibility index (Phi) is 10.3. The van der Waals surface area contributed by atoms with E-state index in [1.165, 1.54) is 18.3 Å². The molecule has 0 spiro atoms. The van der Waals surface area contributed by atoms with Crippen LogP contribution in [0, 0.1) is 13.8 Å². The Hall–Kier alpha value is -4.96. The van der Waals surface area contributed by atoms with Gasteiger partial charge in [0.2, 0.25) is 0 Å². The molecule has 0 heterocycles. The summed E-state index contributed by atoms with van der Waals surface area (Å²) in [6, 6.07) is 29.7. The molecule has 0 aliphatic carbocycles. The Balaban J connectivity index is 1.34. The average molecular weight is 599 g/mol. The lowest BCUT2D eigenvalue weighted by molar-refractivity contribution is -0.123. The Bertz CT molecular complexity index is 1680. The number of hydrazone groups is 1. The highest BCUT2D eigenvalue weighted by atomic mass is 32.2. The second-order valence-electron chi connectivity index (χ2n) is 9.97. The van der Waals surface area contributed by atoms with Gasteiger partial charge in [-0.25, -0.2) is 13.8 Å². The van der Waals surface area contributed by atoms with E-state index in [1.54, 1.807) is 61.5 Å². The fraction of sp³-hybridized carbons (Fsp3) is 0.182. The van der Waals surface area contributed by atoms with Gasteiger partial charge in [-0.2, -0.15) is 5.10 Å². The molecule has 0 saturated heterocycles. The highest BCUT2D eigenvalue weighted by molar-refractivity contribution is 7.92. The van der Waals surface area contributed by atoms with E-state index < -0.39 is 22.5 Å². The molecule has 0 saturated carbocycles. The molecule has 4 aromatic rings. The molecule has 4 rings (SSSR count). The van der Waals surface area contributed by atoms with E-state index in [4.69, 9.17) is 4.74 Å². The monoisotopic (exact) mass is 598 g/mol. The molecule has 0 aliphatic rings. The maximum Gasteiger partial charge on any atom is 0.264 e. The third-order valence-corrected chi connectivity index (χ3v) is 8.34. The van der Waals surface area contributed by atoms with E-state index in [1.807, 2.05) is 50.2 Å². The minimum Gasteiger partial charge on any atom is -0.484 e. The summed E-state index contributed by atoms with van der Waals surface area (Å²) in [5, 5.41) is 6.89. The molecule has 222 valence electrons. The fourth-order valence-corrected chi connectivity index (χ4v) is 5.86. The van der Waals surface area contributed by atoms with Gasteiger partial charge in [-0.1, -0.05) is 66.2 Å². The van der Waals surface area contributed by atoms with Crippen LogP contribution >= 0.6 is 0 Å². The van der Waals surface area contributed by atoms with Crippen molar-refractivity contribution in [3.05, 3.63) is 125 Å². The van der Waals surface area contributed by atoms with Crippen LogP contribution in [0.2, 0.25) is 0 Å². The number of carbonyl (C=O) groups is 2. The van der Waals surface area contributed by atoms with Crippen LogP contribution in [0.5, 0.6) is 5.75 Å². The first-order chi connectivity index (χ1) is 20.6. The second kappa shape index (κ2) is 14.3. The first kappa shape index (κ1) is 31.0. The molecule has 0 unspecified atom stereocenters. The Morgan fingerprint density at radius 2 is 1.53 bits per heavy atom. The fourth-order valence-electron chi connectivity index (χ4n) is 4.36. The van der Waals surface area contributed by atoms with E-state index in [-0.39, 0.29) is 23.5 Å². The molecule has 0 fully saturated rings. The van der Waals surface area contributed by atoms with Crippen molar-refractivity contribution < 1.29 is 22.7 Å². The molecule has 10 heteroatoms. The first-order valence-corrected chi connectivity index (χ1v) is 15.1. The molecule has 0 aliphatic heterocycles. The van der Waals surface area contributed by atoms with Gasteiger partial charge in [0.05, 0.1) is 22.8 Å².